The topological polar surface area (TPSA) is 64.3 Å². The fourth-order valence-corrected chi connectivity index (χ4v) is 1.38. The van der Waals surface area contributed by atoms with E-state index in [9.17, 15) is 4.79 Å². The van der Waals surface area contributed by atoms with Gasteiger partial charge in [-0.05, 0) is 13.5 Å². The molecule has 4 heteroatoms. The number of hydrogen-bond acceptors (Lipinski definition) is 3. The largest absolute Gasteiger partial charge is 0.480 e. The van der Waals surface area contributed by atoms with Crippen LogP contribution < -0.4 is 0 Å². The van der Waals surface area contributed by atoms with Gasteiger partial charge in [0, 0.05) is 6.54 Å². The molecule has 1 N–H and O–H groups in total. The predicted octanol–water partition coefficient (Wildman–Crippen LogP) is -0.0851. The van der Waals surface area contributed by atoms with E-state index in [-0.39, 0.29) is 5.92 Å². The minimum absolute atomic E-state index is 0.110. The van der Waals surface area contributed by atoms with Gasteiger partial charge in [-0.3, -0.25) is 9.69 Å². The van der Waals surface area contributed by atoms with Crippen LogP contribution in [0.5, 0.6) is 0 Å². The summed E-state index contributed by atoms with van der Waals surface area (Å²) < 4.78 is 0. The second kappa shape index (κ2) is 2.89. The smallest absolute Gasteiger partial charge is 0.320 e. The van der Waals surface area contributed by atoms with Crippen molar-refractivity contribution in [1.29, 1.82) is 5.26 Å². The van der Waals surface area contributed by atoms with Gasteiger partial charge in [-0.2, -0.15) is 5.26 Å². The van der Waals surface area contributed by atoms with Gasteiger partial charge in [0.05, 0.1) is 12.0 Å². The van der Waals surface area contributed by atoms with E-state index in [0.717, 1.165) is 0 Å². The van der Waals surface area contributed by atoms with E-state index in [1.807, 2.05) is 0 Å². The van der Waals surface area contributed by atoms with Crippen LogP contribution >= 0.6 is 0 Å². The van der Waals surface area contributed by atoms with Crippen molar-refractivity contribution in [2.75, 3.05) is 13.6 Å². The Morgan fingerprint density at radius 3 is 2.73 bits per heavy atom. The molecule has 1 saturated heterocycles. The van der Waals surface area contributed by atoms with Gasteiger partial charge in [-0.25, -0.2) is 0 Å². The fourth-order valence-electron chi connectivity index (χ4n) is 1.38. The molecule has 0 amide bonds. The average molecular weight is 154 g/mol. The molecule has 0 aromatic rings. The standard InChI is InChI=1S/C7H10N2O2/c1-9-4-5(3-8)2-6(9)7(10)11/h5-6H,2,4H2,1H3,(H,10,11)/t5-,6-/m0/s1. The first-order chi connectivity index (χ1) is 5.15. The summed E-state index contributed by atoms with van der Waals surface area (Å²) in [6.45, 7) is 0.577. The lowest BCUT2D eigenvalue weighted by Crippen LogP contribution is -2.32. The average Bonchev–Trinajstić information content (AvgIpc) is 2.30. The summed E-state index contributed by atoms with van der Waals surface area (Å²) in [4.78, 5) is 12.2. The molecule has 1 rings (SSSR count). The number of nitrogens with zero attached hydrogens (tertiary/aromatic N) is 2. The first-order valence-corrected chi connectivity index (χ1v) is 3.48. The van der Waals surface area contributed by atoms with E-state index in [1.165, 1.54) is 0 Å². The lowest BCUT2D eigenvalue weighted by molar-refractivity contribution is -0.141. The van der Waals surface area contributed by atoms with Gasteiger partial charge in [0.2, 0.25) is 0 Å². The van der Waals surface area contributed by atoms with E-state index < -0.39 is 12.0 Å². The van der Waals surface area contributed by atoms with Crippen LogP contribution in [0.1, 0.15) is 6.42 Å². The highest BCUT2D eigenvalue weighted by Crippen LogP contribution is 2.20. The number of carboxylic acid groups (broad SMARTS) is 1. The Bertz CT molecular complexity index is 209. The molecule has 0 bridgehead atoms. The van der Waals surface area contributed by atoms with Crippen LogP contribution in [0.2, 0.25) is 0 Å². The van der Waals surface area contributed by atoms with E-state index in [4.69, 9.17) is 10.4 Å². The van der Waals surface area contributed by atoms with Gasteiger partial charge in [-0.1, -0.05) is 0 Å². The fraction of sp³-hybridized carbons (Fsp3) is 0.714. The van der Waals surface area contributed by atoms with Crippen LogP contribution in [0.25, 0.3) is 0 Å². The van der Waals surface area contributed by atoms with Crippen molar-refractivity contribution in [3.05, 3.63) is 0 Å². The molecule has 0 radical (unpaired) electrons. The maximum Gasteiger partial charge on any atom is 0.320 e. The Hall–Kier alpha value is -1.08. The monoisotopic (exact) mass is 154 g/mol. The molecule has 11 heavy (non-hydrogen) atoms. The molecule has 0 aliphatic carbocycles. The van der Waals surface area contributed by atoms with Crippen LogP contribution in [-0.2, 0) is 4.79 Å². The molecule has 0 aromatic carbocycles. The van der Waals surface area contributed by atoms with Gasteiger partial charge >= 0.3 is 5.97 Å². The van der Waals surface area contributed by atoms with Crippen molar-refractivity contribution in [3.63, 3.8) is 0 Å². The Morgan fingerprint density at radius 2 is 2.45 bits per heavy atom. The van der Waals surface area contributed by atoms with Crippen LogP contribution in [0, 0.1) is 17.2 Å². The normalized spacial score (nSPS) is 31.6. The zero-order valence-corrected chi connectivity index (χ0v) is 6.32. The summed E-state index contributed by atoms with van der Waals surface area (Å²) in [6, 6.07) is 1.62. The molecule has 0 aromatic heterocycles. The maximum atomic E-state index is 10.5. The number of nitriles is 1. The number of aliphatic carboxylic acids is 1. The summed E-state index contributed by atoms with van der Waals surface area (Å²) >= 11 is 0. The molecular weight excluding hydrogens is 144 g/mol. The van der Waals surface area contributed by atoms with Gasteiger partial charge in [0.15, 0.2) is 0 Å². The molecule has 1 fully saturated rings. The van der Waals surface area contributed by atoms with Crippen molar-refractivity contribution < 1.29 is 9.90 Å². The summed E-state index contributed by atoms with van der Waals surface area (Å²) in [5.74, 6) is -0.939. The van der Waals surface area contributed by atoms with Gasteiger partial charge in [-0.15, -0.1) is 0 Å². The second-order valence-corrected chi connectivity index (χ2v) is 2.86. The lowest BCUT2D eigenvalue weighted by Gasteiger charge is -2.12. The Balaban J connectivity index is 2.60. The van der Waals surface area contributed by atoms with E-state index in [1.54, 1.807) is 11.9 Å². The number of likely N-dealkylation sites (tertiary alicyclic amines) is 1. The third kappa shape index (κ3) is 1.49. The lowest BCUT2D eigenvalue weighted by atomic mass is 10.1. The Morgan fingerprint density at radius 1 is 1.82 bits per heavy atom. The van der Waals surface area contributed by atoms with Crippen LogP contribution in [0.4, 0.5) is 0 Å². The van der Waals surface area contributed by atoms with Crippen molar-refractivity contribution in [1.82, 2.24) is 4.90 Å². The summed E-state index contributed by atoms with van der Waals surface area (Å²) in [6.07, 6.45) is 0.461. The quantitative estimate of drug-likeness (QED) is 0.573. The third-order valence-corrected chi connectivity index (χ3v) is 2.02. The summed E-state index contributed by atoms with van der Waals surface area (Å²) in [7, 11) is 1.73. The van der Waals surface area contributed by atoms with E-state index in [0.29, 0.717) is 13.0 Å². The molecule has 2 atom stereocenters. The van der Waals surface area contributed by atoms with Crippen LogP contribution in [-0.4, -0.2) is 35.6 Å². The molecular formula is C7H10N2O2. The van der Waals surface area contributed by atoms with Crippen LogP contribution in [0.3, 0.4) is 0 Å². The summed E-state index contributed by atoms with van der Waals surface area (Å²) in [5.41, 5.74) is 0. The molecule has 0 spiro atoms. The number of likely N-dealkylation sites (N-methyl/N-ethyl adjacent to an activating group) is 1. The van der Waals surface area contributed by atoms with Gasteiger partial charge in [0.1, 0.15) is 6.04 Å². The SMILES string of the molecule is CN1C[C@H](C#N)C[C@H]1C(=O)O. The molecule has 0 unspecified atom stereocenters. The number of rotatable bonds is 1. The highest BCUT2D eigenvalue weighted by Gasteiger charge is 2.34. The van der Waals surface area contributed by atoms with Crippen LogP contribution in [0.15, 0.2) is 0 Å². The predicted molar refractivity (Wildman–Crippen MR) is 37.8 cm³/mol. The molecule has 1 heterocycles. The third-order valence-electron chi connectivity index (χ3n) is 2.02. The first-order valence-electron chi connectivity index (χ1n) is 3.48. The minimum Gasteiger partial charge on any atom is -0.480 e. The molecule has 0 saturated carbocycles. The highest BCUT2D eigenvalue weighted by atomic mass is 16.4. The molecule has 1 aliphatic heterocycles. The van der Waals surface area contributed by atoms with Gasteiger partial charge in [0.25, 0.3) is 0 Å². The highest BCUT2D eigenvalue weighted by molar-refractivity contribution is 5.73. The zero-order chi connectivity index (χ0) is 8.43. The van der Waals surface area contributed by atoms with E-state index in [2.05, 4.69) is 6.07 Å². The number of carboxylic acids is 1. The van der Waals surface area contributed by atoms with E-state index >= 15 is 0 Å². The summed E-state index contributed by atoms with van der Waals surface area (Å²) in [5, 5.41) is 17.2. The minimum atomic E-state index is -0.828. The number of hydrogen-bond donors (Lipinski definition) is 1. The molecule has 60 valence electrons. The van der Waals surface area contributed by atoms with Crippen molar-refractivity contribution in [3.8, 4) is 6.07 Å². The molecule has 1 aliphatic rings. The van der Waals surface area contributed by atoms with Crippen molar-refractivity contribution in [2.24, 2.45) is 5.92 Å². The second-order valence-electron chi connectivity index (χ2n) is 2.86. The zero-order valence-electron chi connectivity index (χ0n) is 6.32. The van der Waals surface area contributed by atoms with Gasteiger partial charge < -0.3 is 5.11 Å². The van der Waals surface area contributed by atoms with Crippen molar-refractivity contribution in [2.45, 2.75) is 12.5 Å². The Labute approximate surface area is 65.0 Å². The first kappa shape index (κ1) is 8.02. The Kier molecular flexibility index (Phi) is 2.11. The molecule has 4 nitrogen and oxygen atoms in total. The maximum absolute atomic E-state index is 10.5. The van der Waals surface area contributed by atoms with Crippen molar-refractivity contribution >= 4 is 5.97 Å². The number of carbonyl (C=O) groups is 1.